The van der Waals surface area contributed by atoms with Crippen molar-refractivity contribution in [2.24, 2.45) is 5.73 Å². The Hall–Kier alpha value is -2.96. The minimum absolute atomic E-state index is 0.0147. The van der Waals surface area contributed by atoms with Gasteiger partial charge in [0.1, 0.15) is 6.04 Å². The summed E-state index contributed by atoms with van der Waals surface area (Å²) in [5.74, 6) is 0. The second kappa shape index (κ2) is 12.2. The summed E-state index contributed by atoms with van der Waals surface area (Å²) in [4.78, 5) is 13.6. The molecule has 0 aliphatic carbocycles. The number of nitrogens with zero attached hydrogens (tertiary/aromatic N) is 1. The predicted molar refractivity (Wildman–Crippen MR) is 125 cm³/mol. The molecule has 4 nitrogen and oxygen atoms in total. The number of hydrogen-bond donors (Lipinski definition) is 2. The van der Waals surface area contributed by atoms with Crippen molar-refractivity contribution in [3.63, 3.8) is 0 Å². The highest BCUT2D eigenvalue weighted by atomic mass is 19.4. The number of urea groups is 1. The zero-order valence-corrected chi connectivity index (χ0v) is 19.3. The maximum atomic E-state index is 13.6. The van der Waals surface area contributed by atoms with Gasteiger partial charge in [0.05, 0.1) is 0 Å². The molecule has 2 unspecified atom stereocenters. The number of carbonyl (C=O) groups is 1. The number of hydrogen-bond acceptors (Lipinski definition) is 2. The summed E-state index contributed by atoms with van der Waals surface area (Å²) in [6, 6.07) is 5.13. The molecule has 32 heavy (non-hydrogen) atoms. The molecule has 0 saturated carbocycles. The predicted octanol–water partition coefficient (Wildman–Crippen LogP) is 6.76. The molecular weight excluding hydrogens is 415 g/mol. The largest absolute Gasteiger partial charge is 0.412 e. The lowest BCUT2D eigenvalue weighted by molar-refractivity contribution is -0.155. The highest BCUT2D eigenvalue weighted by molar-refractivity contribution is 5.74. The molecule has 2 atom stereocenters. The van der Waals surface area contributed by atoms with E-state index in [2.05, 4.69) is 18.5 Å². The van der Waals surface area contributed by atoms with Gasteiger partial charge in [-0.3, -0.25) is 4.90 Å². The number of primary amides is 1. The minimum Gasteiger partial charge on any atom is -0.370 e. The molecule has 1 rings (SSSR count). The van der Waals surface area contributed by atoms with Crippen LogP contribution in [0.5, 0.6) is 0 Å². The zero-order chi connectivity index (χ0) is 24.5. The summed E-state index contributed by atoms with van der Waals surface area (Å²) >= 11 is 0. The van der Waals surface area contributed by atoms with Crippen molar-refractivity contribution in [1.82, 2.24) is 10.2 Å². The molecule has 0 spiro atoms. The van der Waals surface area contributed by atoms with E-state index in [4.69, 9.17) is 5.73 Å². The fraction of sp³-hybridized carbons (Fsp3) is 0.400. The van der Waals surface area contributed by atoms with Crippen LogP contribution in [0.1, 0.15) is 58.6 Å². The fourth-order valence-corrected chi connectivity index (χ4v) is 3.37. The van der Waals surface area contributed by atoms with Crippen molar-refractivity contribution in [3.05, 3.63) is 83.7 Å². The lowest BCUT2D eigenvalue weighted by atomic mass is 10.0. The van der Waals surface area contributed by atoms with Gasteiger partial charge in [-0.05, 0) is 43.4 Å². The van der Waals surface area contributed by atoms with Crippen LogP contribution >= 0.6 is 0 Å². The molecule has 176 valence electrons. The van der Waals surface area contributed by atoms with E-state index in [1.54, 1.807) is 42.2 Å². The molecule has 0 fully saturated rings. The third-order valence-electron chi connectivity index (χ3n) is 5.33. The van der Waals surface area contributed by atoms with E-state index in [1.165, 1.54) is 12.1 Å². The van der Waals surface area contributed by atoms with Crippen LogP contribution in [0, 0.1) is 0 Å². The molecule has 0 aromatic heterocycles. The first kappa shape index (κ1) is 27.1. The van der Waals surface area contributed by atoms with Crippen molar-refractivity contribution in [2.75, 3.05) is 0 Å². The maximum absolute atomic E-state index is 13.6. The number of halogens is 3. The van der Waals surface area contributed by atoms with Gasteiger partial charge >= 0.3 is 12.2 Å². The Labute approximate surface area is 189 Å². The van der Waals surface area contributed by atoms with E-state index >= 15 is 0 Å². The standard InChI is InChI=1S/C25H34F3N3O/c1-7-12-22(8-2)31(24(29)32)20(6)18(4)16-15-17(3)19(5)30-23(25(26,27)28)21-13-10-9-11-14-21/h9-11,13-16,22-23,30H,3,5,7-8,12H2,1-2,4,6H3,(H2,29,32)/b16-15-,20-18+. The molecule has 0 saturated heterocycles. The average Bonchev–Trinajstić information content (AvgIpc) is 2.74. The van der Waals surface area contributed by atoms with E-state index in [1.807, 2.05) is 20.8 Å². The fourth-order valence-electron chi connectivity index (χ4n) is 3.37. The van der Waals surface area contributed by atoms with Gasteiger partial charge in [-0.25, -0.2) is 4.79 Å². The zero-order valence-electron chi connectivity index (χ0n) is 19.3. The maximum Gasteiger partial charge on any atom is 0.412 e. The van der Waals surface area contributed by atoms with Crippen molar-refractivity contribution >= 4 is 6.03 Å². The highest BCUT2D eigenvalue weighted by Crippen LogP contribution is 2.33. The Morgan fingerprint density at radius 3 is 2.22 bits per heavy atom. The van der Waals surface area contributed by atoms with Crippen molar-refractivity contribution in [3.8, 4) is 0 Å². The van der Waals surface area contributed by atoms with Gasteiger partial charge in [0.25, 0.3) is 0 Å². The second-order valence-electron chi connectivity index (χ2n) is 7.69. The van der Waals surface area contributed by atoms with Crippen LogP contribution in [-0.2, 0) is 0 Å². The van der Waals surface area contributed by atoms with Crippen LogP contribution in [0.3, 0.4) is 0 Å². The third kappa shape index (κ3) is 7.62. The Morgan fingerprint density at radius 2 is 1.75 bits per heavy atom. The molecule has 0 heterocycles. The number of alkyl halides is 3. The van der Waals surface area contributed by atoms with Gasteiger partial charge < -0.3 is 11.1 Å². The molecule has 7 heteroatoms. The van der Waals surface area contributed by atoms with Gasteiger partial charge in [0.2, 0.25) is 0 Å². The molecule has 1 aromatic carbocycles. The average molecular weight is 450 g/mol. The topological polar surface area (TPSA) is 58.4 Å². The molecule has 0 aliphatic heterocycles. The number of carbonyl (C=O) groups excluding carboxylic acids is 1. The van der Waals surface area contributed by atoms with Crippen LogP contribution in [-0.4, -0.2) is 23.1 Å². The first-order chi connectivity index (χ1) is 14.9. The van der Waals surface area contributed by atoms with Crippen LogP contribution in [0.2, 0.25) is 0 Å². The summed E-state index contributed by atoms with van der Waals surface area (Å²) in [6.45, 7) is 15.2. The Kier molecular flexibility index (Phi) is 10.3. The van der Waals surface area contributed by atoms with E-state index in [-0.39, 0.29) is 17.3 Å². The Balaban J connectivity index is 3.04. The van der Waals surface area contributed by atoms with E-state index in [0.717, 1.165) is 24.8 Å². The third-order valence-corrected chi connectivity index (χ3v) is 5.33. The first-order valence-electron chi connectivity index (χ1n) is 10.6. The Bertz CT molecular complexity index is 857. The smallest absolute Gasteiger partial charge is 0.370 e. The molecule has 0 aliphatic rings. The van der Waals surface area contributed by atoms with Crippen LogP contribution in [0.15, 0.2) is 78.2 Å². The van der Waals surface area contributed by atoms with Crippen LogP contribution < -0.4 is 11.1 Å². The summed E-state index contributed by atoms with van der Waals surface area (Å²) in [6.07, 6.45) is 1.26. The molecule has 0 bridgehead atoms. The SMILES string of the molecule is C=C(/C=C\C(C)=C(/C)N(C(N)=O)C(CC)CCC)C(=C)NC(c1ccccc1)C(F)(F)F. The molecule has 3 N–H and O–H groups in total. The summed E-state index contributed by atoms with van der Waals surface area (Å²) < 4.78 is 40.7. The van der Waals surface area contributed by atoms with E-state index in [0.29, 0.717) is 11.3 Å². The highest BCUT2D eigenvalue weighted by Gasteiger charge is 2.41. The minimum atomic E-state index is -4.50. The summed E-state index contributed by atoms with van der Waals surface area (Å²) in [7, 11) is 0. The molecule has 2 amide bonds. The molecular formula is C25H34F3N3O. The quantitative estimate of drug-likeness (QED) is 0.367. The van der Waals surface area contributed by atoms with Crippen molar-refractivity contribution < 1.29 is 18.0 Å². The van der Waals surface area contributed by atoms with Crippen LogP contribution in [0.25, 0.3) is 0 Å². The number of benzene rings is 1. The summed E-state index contributed by atoms with van der Waals surface area (Å²) in [5.41, 5.74) is 7.51. The number of nitrogens with two attached hydrogens (primary N) is 1. The van der Waals surface area contributed by atoms with E-state index in [9.17, 15) is 18.0 Å². The second-order valence-corrected chi connectivity index (χ2v) is 7.69. The number of amides is 2. The van der Waals surface area contributed by atoms with E-state index < -0.39 is 18.2 Å². The first-order valence-corrected chi connectivity index (χ1v) is 10.6. The number of rotatable bonds is 11. The normalized spacial score (nSPS) is 14.5. The van der Waals surface area contributed by atoms with Gasteiger partial charge in [-0.2, -0.15) is 13.2 Å². The number of allylic oxidation sites excluding steroid dienone is 4. The van der Waals surface area contributed by atoms with Gasteiger partial charge in [-0.15, -0.1) is 0 Å². The van der Waals surface area contributed by atoms with Crippen molar-refractivity contribution in [1.29, 1.82) is 0 Å². The Morgan fingerprint density at radius 1 is 1.16 bits per heavy atom. The molecule has 1 aromatic rings. The van der Waals surface area contributed by atoms with Crippen molar-refractivity contribution in [2.45, 2.75) is 65.2 Å². The van der Waals surface area contributed by atoms with Gasteiger partial charge in [-0.1, -0.05) is 75.9 Å². The van der Waals surface area contributed by atoms with Gasteiger partial charge in [0.15, 0.2) is 0 Å². The van der Waals surface area contributed by atoms with Crippen LogP contribution in [0.4, 0.5) is 18.0 Å². The number of nitrogens with one attached hydrogen (secondary N) is 1. The monoisotopic (exact) mass is 449 g/mol. The summed E-state index contributed by atoms with van der Waals surface area (Å²) in [5, 5.41) is 2.44. The van der Waals surface area contributed by atoms with Gasteiger partial charge in [0, 0.05) is 17.4 Å². The molecule has 0 radical (unpaired) electrons. The lowest BCUT2D eigenvalue weighted by Gasteiger charge is -2.31. The lowest BCUT2D eigenvalue weighted by Crippen LogP contribution is -2.42.